The lowest BCUT2D eigenvalue weighted by Gasteiger charge is -2.19. The van der Waals surface area contributed by atoms with E-state index in [1.807, 2.05) is 12.1 Å². The van der Waals surface area contributed by atoms with Gasteiger partial charge in [0, 0.05) is 17.3 Å². The molecule has 1 heterocycles. The van der Waals surface area contributed by atoms with E-state index in [4.69, 9.17) is 4.42 Å². The molecule has 2 aromatic carbocycles. The zero-order valence-electron chi connectivity index (χ0n) is 16.2. The molecule has 3 aromatic rings. The number of hydrogen-bond acceptors (Lipinski definition) is 5. The summed E-state index contributed by atoms with van der Waals surface area (Å²) < 4.78 is 9.96. The molecule has 6 heteroatoms. The Morgan fingerprint density at radius 1 is 1.00 bits per heavy atom. The molecule has 144 valence electrons. The van der Waals surface area contributed by atoms with Crippen molar-refractivity contribution in [3.63, 3.8) is 0 Å². The fourth-order valence-electron chi connectivity index (χ4n) is 2.76. The van der Waals surface area contributed by atoms with E-state index in [1.54, 1.807) is 18.2 Å². The van der Waals surface area contributed by atoms with Crippen molar-refractivity contribution in [2.24, 2.45) is 0 Å². The van der Waals surface area contributed by atoms with Crippen LogP contribution in [0.3, 0.4) is 0 Å². The molecule has 0 saturated heterocycles. The van der Waals surface area contributed by atoms with Gasteiger partial charge in [-0.05, 0) is 41.3 Å². The maximum atomic E-state index is 12.5. The number of benzene rings is 2. The van der Waals surface area contributed by atoms with Crippen molar-refractivity contribution in [2.45, 2.75) is 26.2 Å². The predicted molar refractivity (Wildman–Crippen MR) is 107 cm³/mol. The van der Waals surface area contributed by atoms with Crippen LogP contribution in [-0.4, -0.2) is 19.0 Å². The lowest BCUT2D eigenvalue weighted by atomic mass is 9.87. The minimum absolute atomic E-state index is 0.00440. The number of hydrogen-bond donors (Lipinski definition) is 1. The minimum Gasteiger partial charge on any atom is -0.463 e. The molecule has 0 radical (unpaired) electrons. The Hall–Kier alpha value is -3.41. The summed E-state index contributed by atoms with van der Waals surface area (Å²) in [4.78, 5) is 36.3. The molecule has 0 aliphatic heterocycles. The van der Waals surface area contributed by atoms with Crippen LogP contribution in [0, 0.1) is 0 Å². The molecule has 0 bridgehead atoms. The number of carbonyl (C=O) groups excluding carboxylic acids is 2. The molecule has 0 aliphatic carbocycles. The quantitative estimate of drug-likeness (QED) is 0.692. The first-order valence-corrected chi connectivity index (χ1v) is 8.77. The molecule has 1 aromatic heterocycles. The van der Waals surface area contributed by atoms with Crippen LogP contribution in [0.1, 0.15) is 47.2 Å². The van der Waals surface area contributed by atoms with Gasteiger partial charge in [0.1, 0.15) is 5.58 Å². The second kappa shape index (κ2) is 7.31. The Labute approximate surface area is 162 Å². The van der Waals surface area contributed by atoms with Gasteiger partial charge in [-0.15, -0.1) is 0 Å². The van der Waals surface area contributed by atoms with Gasteiger partial charge >= 0.3 is 5.97 Å². The van der Waals surface area contributed by atoms with E-state index in [9.17, 15) is 14.4 Å². The van der Waals surface area contributed by atoms with Crippen LogP contribution in [0.25, 0.3) is 11.0 Å². The normalized spacial score (nSPS) is 11.3. The van der Waals surface area contributed by atoms with Crippen molar-refractivity contribution in [1.82, 2.24) is 0 Å². The largest absolute Gasteiger partial charge is 0.463 e. The number of ether oxygens (including phenoxy) is 1. The molecule has 0 atom stereocenters. The third kappa shape index (κ3) is 3.96. The zero-order chi connectivity index (χ0) is 20.5. The summed E-state index contributed by atoms with van der Waals surface area (Å²) in [5.74, 6) is -1.18. The average Bonchev–Trinajstić information content (AvgIpc) is 2.67. The predicted octanol–water partition coefficient (Wildman–Crippen LogP) is 4.13. The summed E-state index contributed by atoms with van der Waals surface area (Å²) in [6.07, 6.45) is 0. The van der Waals surface area contributed by atoms with Gasteiger partial charge in [0.25, 0.3) is 5.91 Å². The van der Waals surface area contributed by atoms with Crippen molar-refractivity contribution in [1.29, 1.82) is 0 Å². The molecule has 0 aliphatic rings. The molecule has 28 heavy (non-hydrogen) atoms. The van der Waals surface area contributed by atoms with Gasteiger partial charge in [-0.25, -0.2) is 4.79 Å². The maximum absolute atomic E-state index is 12.5. The standard InChI is InChI=1S/C22H21NO5/c1-22(2,3)14-7-5-13(6-8-14)20(25)23-15-9-10-18-16(11-15)17(24)12-19(28-18)21(26)27-4/h5-12H,1-4H3,(H,23,25). The Kier molecular flexibility index (Phi) is 5.05. The highest BCUT2D eigenvalue weighted by Gasteiger charge is 2.16. The lowest BCUT2D eigenvalue weighted by Crippen LogP contribution is -2.14. The van der Waals surface area contributed by atoms with E-state index < -0.39 is 11.4 Å². The molecule has 0 saturated carbocycles. The van der Waals surface area contributed by atoms with Crippen LogP contribution in [0.2, 0.25) is 0 Å². The van der Waals surface area contributed by atoms with Gasteiger partial charge < -0.3 is 14.5 Å². The van der Waals surface area contributed by atoms with Crippen LogP contribution < -0.4 is 10.7 Å². The smallest absolute Gasteiger partial charge is 0.374 e. The number of fused-ring (bicyclic) bond motifs is 1. The van der Waals surface area contributed by atoms with Gasteiger partial charge in [0.15, 0.2) is 5.43 Å². The van der Waals surface area contributed by atoms with Gasteiger partial charge in [-0.3, -0.25) is 9.59 Å². The molecule has 1 amide bonds. The summed E-state index contributed by atoms with van der Waals surface area (Å²) in [6.45, 7) is 6.32. The van der Waals surface area contributed by atoms with Crippen LogP contribution in [0.4, 0.5) is 5.69 Å². The van der Waals surface area contributed by atoms with E-state index in [0.717, 1.165) is 11.6 Å². The monoisotopic (exact) mass is 379 g/mol. The second-order valence-corrected chi connectivity index (χ2v) is 7.46. The molecular formula is C22H21NO5. The van der Waals surface area contributed by atoms with Crippen molar-refractivity contribution in [3.8, 4) is 0 Å². The lowest BCUT2D eigenvalue weighted by molar-refractivity contribution is 0.0565. The molecule has 0 spiro atoms. The highest BCUT2D eigenvalue weighted by atomic mass is 16.5. The molecule has 3 rings (SSSR count). The summed E-state index contributed by atoms with van der Waals surface area (Å²) in [5, 5.41) is 3.03. The van der Waals surface area contributed by atoms with Gasteiger partial charge in [0.05, 0.1) is 12.5 Å². The van der Waals surface area contributed by atoms with E-state index in [2.05, 4.69) is 30.8 Å². The second-order valence-electron chi connectivity index (χ2n) is 7.46. The first-order valence-electron chi connectivity index (χ1n) is 8.77. The molecule has 6 nitrogen and oxygen atoms in total. The SMILES string of the molecule is COC(=O)c1cc(=O)c2cc(NC(=O)c3ccc(C(C)(C)C)cc3)ccc2o1. The first kappa shape index (κ1) is 19.4. The number of nitrogens with one attached hydrogen (secondary N) is 1. The van der Waals surface area contributed by atoms with Crippen LogP contribution in [0.15, 0.2) is 57.7 Å². The Balaban J connectivity index is 1.86. The highest BCUT2D eigenvalue weighted by molar-refractivity contribution is 6.05. The van der Waals surface area contributed by atoms with Crippen molar-refractivity contribution in [3.05, 3.63) is 75.6 Å². The third-order valence-electron chi connectivity index (χ3n) is 4.38. The molecule has 0 unspecified atom stereocenters. The third-order valence-corrected chi connectivity index (χ3v) is 4.38. The van der Waals surface area contributed by atoms with E-state index in [0.29, 0.717) is 11.3 Å². The maximum Gasteiger partial charge on any atom is 0.374 e. The fourth-order valence-corrected chi connectivity index (χ4v) is 2.76. The van der Waals surface area contributed by atoms with Crippen molar-refractivity contribution >= 4 is 28.5 Å². The summed E-state index contributed by atoms with van der Waals surface area (Å²) in [6, 6.07) is 13.1. The molecular weight excluding hydrogens is 358 g/mol. The minimum atomic E-state index is -0.727. The fraction of sp³-hybridized carbons (Fsp3) is 0.227. The summed E-state index contributed by atoms with van der Waals surface area (Å²) in [5.41, 5.74) is 1.95. The van der Waals surface area contributed by atoms with Crippen molar-refractivity contribution < 1.29 is 18.7 Å². The Bertz CT molecular complexity index is 1100. The van der Waals surface area contributed by atoms with Gasteiger partial charge in [-0.1, -0.05) is 32.9 Å². The number of amides is 1. The van der Waals surface area contributed by atoms with E-state index in [1.165, 1.54) is 19.2 Å². The highest BCUT2D eigenvalue weighted by Crippen LogP contribution is 2.23. The van der Waals surface area contributed by atoms with Crippen LogP contribution >= 0.6 is 0 Å². The van der Waals surface area contributed by atoms with Crippen LogP contribution in [0.5, 0.6) is 0 Å². The van der Waals surface area contributed by atoms with E-state index in [-0.39, 0.29) is 28.1 Å². The van der Waals surface area contributed by atoms with Crippen LogP contribution in [-0.2, 0) is 10.2 Å². The van der Waals surface area contributed by atoms with Gasteiger partial charge in [-0.2, -0.15) is 0 Å². The van der Waals surface area contributed by atoms with E-state index >= 15 is 0 Å². The Morgan fingerprint density at radius 3 is 2.29 bits per heavy atom. The number of esters is 1. The average molecular weight is 379 g/mol. The van der Waals surface area contributed by atoms with Gasteiger partial charge in [0.2, 0.25) is 5.76 Å². The number of anilines is 1. The summed E-state index contributed by atoms with van der Waals surface area (Å²) in [7, 11) is 1.21. The first-order chi connectivity index (χ1) is 13.2. The number of rotatable bonds is 3. The van der Waals surface area contributed by atoms with Crippen molar-refractivity contribution in [2.75, 3.05) is 12.4 Å². The molecule has 1 N–H and O–H groups in total. The zero-order valence-corrected chi connectivity index (χ0v) is 16.2. The topological polar surface area (TPSA) is 85.6 Å². The number of carbonyl (C=O) groups is 2. The number of methoxy groups -OCH3 is 1. The molecule has 0 fully saturated rings. The summed E-state index contributed by atoms with van der Waals surface area (Å²) >= 11 is 0. The Morgan fingerprint density at radius 2 is 1.68 bits per heavy atom.